The highest BCUT2D eigenvalue weighted by Crippen LogP contribution is 2.12. The smallest absolute Gasteiger partial charge is 0.0895 e. The highest BCUT2D eigenvalue weighted by atomic mass is 16.5. The third-order valence-corrected chi connectivity index (χ3v) is 4.22. The first-order chi connectivity index (χ1) is 10.8. The van der Waals surface area contributed by atoms with Crippen LogP contribution in [0.4, 0.5) is 0 Å². The van der Waals surface area contributed by atoms with Crippen molar-refractivity contribution >= 4 is 0 Å². The molecule has 0 saturated heterocycles. The molecule has 134 valence electrons. The molecule has 0 bridgehead atoms. The van der Waals surface area contributed by atoms with Gasteiger partial charge in [0.2, 0.25) is 0 Å². The van der Waals surface area contributed by atoms with Crippen LogP contribution in [0.2, 0.25) is 0 Å². The van der Waals surface area contributed by atoms with Crippen LogP contribution in [0.1, 0.15) is 96.8 Å². The molecular weight excluding hydrogens is 274 g/mol. The van der Waals surface area contributed by atoms with E-state index in [2.05, 4.69) is 6.92 Å². The van der Waals surface area contributed by atoms with Gasteiger partial charge in [0.05, 0.1) is 12.7 Å². The van der Waals surface area contributed by atoms with Crippen LogP contribution < -0.4 is 5.73 Å². The molecule has 0 aromatic rings. The maximum atomic E-state index is 9.22. The van der Waals surface area contributed by atoms with Gasteiger partial charge in [0.25, 0.3) is 0 Å². The van der Waals surface area contributed by atoms with Crippen LogP contribution in [0.3, 0.4) is 0 Å². The summed E-state index contributed by atoms with van der Waals surface area (Å²) in [6.07, 6.45) is 18.7. The Morgan fingerprint density at radius 1 is 0.727 bits per heavy atom. The lowest BCUT2D eigenvalue weighted by molar-refractivity contribution is 0.0396. The Balaban J connectivity index is 2.97. The zero-order valence-corrected chi connectivity index (χ0v) is 15.0. The lowest BCUT2D eigenvalue weighted by atomic mass is 10.0. The van der Waals surface area contributed by atoms with Gasteiger partial charge in [0, 0.05) is 13.2 Å². The average Bonchev–Trinajstić information content (AvgIpc) is 2.54. The summed E-state index contributed by atoms with van der Waals surface area (Å²) in [7, 11) is 0. The van der Waals surface area contributed by atoms with E-state index in [1.165, 1.54) is 83.5 Å². The molecule has 22 heavy (non-hydrogen) atoms. The van der Waals surface area contributed by atoms with Crippen LogP contribution in [-0.4, -0.2) is 31.0 Å². The Bertz CT molecular complexity index is 200. The van der Waals surface area contributed by atoms with Gasteiger partial charge in [-0.15, -0.1) is 0 Å². The fraction of sp³-hybridized carbons (Fsp3) is 1.00. The highest BCUT2D eigenvalue weighted by molar-refractivity contribution is 4.53. The summed E-state index contributed by atoms with van der Waals surface area (Å²) < 4.78 is 5.36. The third kappa shape index (κ3) is 17.9. The van der Waals surface area contributed by atoms with Crippen LogP contribution in [0.5, 0.6) is 0 Å². The maximum Gasteiger partial charge on any atom is 0.0895 e. The second-order valence-corrected chi connectivity index (χ2v) is 6.56. The number of aliphatic hydroxyl groups excluding tert-OH is 1. The normalized spacial score (nSPS) is 12.7. The molecule has 3 nitrogen and oxygen atoms in total. The van der Waals surface area contributed by atoms with Crippen LogP contribution in [-0.2, 0) is 4.74 Å². The van der Waals surface area contributed by atoms with Crippen molar-refractivity contribution in [3.8, 4) is 0 Å². The molecule has 3 N–H and O–H groups in total. The van der Waals surface area contributed by atoms with E-state index in [-0.39, 0.29) is 0 Å². The Morgan fingerprint density at radius 3 is 1.55 bits per heavy atom. The van der Waals surface area contributed by atoms with Gasteiger partial charge in [-0.2, -0.15) is 0 Å². The summed E-state index contributed by atoms with van der Waals surface area (Å²) >= 11 is 0. The summed E-state index contributed by atoms with van der Waals surface area (Å²) in [5, 5.41) is 9.22. The van der Waals surface area contributed by atoms with Gasteiger partial charge in [-0.1, -0.05) is 90.4 Å². The lowest BCUT2D eigenvalue weighted by Gasteiger charge is -2.08. The van der Waals surface area contributed by atoms with E-state index in [0.717, 1.165) is 13.0 Å². The number of unbranched alkanes of at least 4 members (excludes halogenated alkanes) is 13. The largest absolute Gasteiger partial charge is 0.389 e. The number of aliphatic hydroxyl groups is 1. The molecule has 0 aliphatic heterocycles. The summed E-state index contributed by atoms with van der Waals surface area (Å²) in [6.45, 7) is 3.71. The summed E-state index contributed by atoms with van der Waals surface area (Å²) in [5.41, 5.74) is 5.31. The zero-order valence-electron chi connectivity index (χ0n) is 15.0. The zero-order chi connectivity index (χ0) is 16.3. The summed E-state index contributed by atoms with van der Waals surface area (Å²) in [6, 6.07) is 0. The molecule has 0 aliphatic carbocycles. The number of hydrogen-bond donors (Lipinski definition) is 2. The standard InChI is InChI=1S/C19H41NO2/c1-2-3-4-5-6-7-8-9-10-11-12-13-14-15-16-22-18-19(21)17-20/h19,21H,2-18,20H2,1H3/t19-/m0/s1. The maximum absolute atomic E-state index is 9.22. The van der Waals surface area contributed by atoms with Crippen molar-refractivity contribution in [2.24, 2.45) is 5.73 Å². The molecule has 0 aromatic heterocycles. The van der Waals surface area contributed by atoms with Crippen LogP contribution in [0.15, 0.2) is 0 Å². The van der Waals surface area contributed by atoms with E-state index in [4.69, 9.17) is 10.5 Å². The first-order valence-corrected chi connectivity index (χ1v) is 9.77. The molecule has 1 atom stereocenters. The van der Waals surface area contributed by atoms with Crippen molar-refractivity contribution in [3.63, 3.8) is 0 Å². The van der Waals surface area contributed by atoms with Gasteiger partial charge in [-0.05, 0) is 6.42 Å². The van der Waals surface area contributed by atoms with Gasteiger partial charge < -0.3 is 15.6 Å². The molecule has 0 aromatic carbocycles. The lowest BCUT2D eigenvalue weighted by Crippen LogP contribution is -2.25. The Hall–Kier alpha value is -0.120. The number of nitrogens with two attached hydrogens (primary N) is 1. The summed E-state index contributed by atoms with van der Waals surface area (Å²) in [4.78, 5) is 0. The van der Waals surface area contributed by atoms with E-state index in [1.54, 1.807) is 0 Å². The molecule has 0 saturated carbocycles. The Morgan fingerprint density at radius 2 is 1.14 bits per heavy atom. The molecule has 0 amide bonds. The van der Waals surface area contributed by atoms with Crippen molar-refractivity contribution in [3.05, 3.63) is 0 Å². The van der Waals surface area contributed by atoms with E-state index < -0.39 is 6.10 Å². The van der Waals surface area contributed by atoms with Crippen molar-refractivity contribution < 1.29 is 9.84 Å². The predicted octanol–water partition coefficient (Wildman–Crippen LogP) is 4.80. The average molecular weight is 316 g/mol. The minimum absolute atomic E-state index is 0.290. The predicted molar refractivity (Wildman–Crippen MR) is 96.2 cm³/mol. The quantitative estimate of drug-likeness (QED) is 0.357. The number of rotatable bonds is 18. The van der Waals surface area contributed by atoms with E-state index in [1.807, 2.05) is 0 Å². The fourth-order valence-corrected chi connectivity index (χ4v) is 2.69. The number of ether oxygens (including phenoxy) is 1. The fourth-order valence-electron chi connectivity index (χ4n) is 2.69. The SMILES string of the molecule is CCCCCCCCCCCCCCCCOC[C@@H](O)CN. The minimum atomic E-state index is -0.494. The van der Waals surface area contributed by atoms with Gasteiger partial charge in [0.1, 0.15) is 0 Å². The van der Waals surface area contributed by atoms with Gasteiger partial charge in [-0.25, -0.2) is 0 Å². The van der Waals surface area contributed by atoms with E-state index in [0.29, 0.717) is 13.2 Å². The Labute approximate surface area is 139 Å². The van der Waals surface area contributed by atoms with Crippen molar-refractivity contribution in [2.75, 3.05) is 19.8 Å². The number of hydrogen-bond acceptors (Lipinski definition) is 3. The van der Waals surface area contributed by atoms with Crippen LogP contribution in [0, 0.1) is 0 Å². The van der Waals surface area contributed by atoms with Crippen LogP contribution >= 0.6 is 0 Å². The van der Waals surface area contributed by atoms with Crippen molar-refractivity contribution in [1.29, 1.82) is 0 Å². The van der Waals surface area contributed by atoms with Crippen molar-refractivity contribution in [1.82, 2.24) is 0 Å². The Kier molecular flexibility index (Phi) is 18.8. The molecule has 0 radical (unpaired) electrons. The summed E-state index contributed by atoms with van der Waals surface area (Å²) in [5.74, 6) is 0. The molecule has 0 unspecified atom stereocenters. The molecular formula is C19H41NO2. The van der Waals surface area contributed by atoms with Gasteiger partial charge >= 0.3 is 0 Å². The third-order valence-electron chi connectivity index (χ3n) is 4.22. The second kappa shape index (κ2) is 18.9. The molecule has 3 heteroatoms. The molecule has 0 fully saturated rings. The first kappa shape index (κ1) is 21.9. The van der Waals surface area contributed by atoms with E-state index in [9.17, 15) is 5.11 Å². The van der Waals surface area contributed by atoms with Gasteiger partial charge in [0.15, 0.2) is 0 Å². The van der Waals surface area contributed by atoms with Crippen molar-refractivity contribution in [2.45, 2.75) is 103 Å². The molecule has 0 heterocycles. The first-order valence-electron chi connectivity index (χ1n) is 9.77. The molecule has 0 rings (SSSR count). The second-order valence-electron chi connectivity index (χ2n) is 6.56. The monoisotopic (exact) mass is 315 g/mol. The topological polar surface area (TPSA) is 55.5 Å². The van der Waals surface area contributed by atoms with Gasteiger partial charge in [-0.3, -0.25) is 0 Å². The molecule has 0 aliphatic rings. The minimum Gasteiger partial charge on any atom is -0.389 e. The van der Waals surface area contributed by atoms with E-state index >= 15 is 0 Å². The highest BCUT2D eigenvalue weighted by Gasteiger charge is 1.99. The molecule has 0 spiro atoms. The van der Waals surface area contributed by atoms with Crippen LogP contribution in [0.25, 0.3) is 0 Å².